The summed E-state index contributed by atoms with van der Waals surface area (Å²) in [6.45, 7) is 0. The van der Waals surface area contributed by atoms with Crippen LogP contribution in [0.25, 0.3) is 0 Å². The van der Waals surface area contributed by atoms with E-state index in [4.69, 9.17) is 0 Å². The van der Waals surface area contributed by atoms with Crippen LogP contribution in [0.5, 0.6) is 0 Å². The molecule has 0 saturated carbocycles. The second-order valence-corrected chi connectivity index (χ2v) is 4.23. The highest BCUT2D eigenvalue weighted by Crippen LogP contribution is 2.32. The standard InChI is InChI=1S/C12H14N2O3/c1-13(2)12(17)14-9-6-4-3-5-8(9)7-10(14)11(15)16/h3-6,10H,7H2,1-2H3,(H,15,16). The van der Waals surface area contributed by atoms with Gasteiger partial charge in [0.2, 0.25) is 0 Å². The van der Waals surface area contributed by atoms with Gasteiger partial charge in [-0.2, -0.15) is 0 Å². The van der Waals surface area contributed by atoms with Crippen molar-refractivity contribution in [2.45, 2.75) is 12.5 Å². The Balaban J connectivity index is 2.44. The minimum atomic E-state index is -0.976. The highest BCUT2D eigenvalue weighted by molar-refractivity contribution is 6.00. The van der Waals surface area contributed by atoms with Crippen LogP contribution in [0.15, 0.2) is 24.3 Å². The van der Waals surface area contributed by atoms with Crippen LogP contribution in [-0.2, 0) is 11.2 Å². The van der Waals surface area contributed by atoms with Gasteiger partial charge in [0.25, 0.3) is 0 Å². The predicted octanol–water partition coefficient (Wildman–Crippen LogP) is 1.18. The minimum absolute atomic E-state index is 0.303. The molecule has 1 heterocycles. The molecule has 2 amide bonds. The van der Waals surface area contributed by atoms with Gasteiger partial charge < -0.3 is 10.0 Å². The molecule has 1 unspecified atom stereocenters. The van der Waals surface area contributed by atoms with Crippen LogP contribution >= 0.6 is 0 Å². The number of hydrogen-bond acceptors (Lipinski definition) is 2. The molecule has 1 aliphatic heterocycles. The fourth-order valence-corrected chi connectivity index (χ4v) is 2.04. The highest BCUT2D eigenvalue weighted by atomic mass is 16.4. The number of carbonyl (C=O) groups excluding carboxylic acids is 1. The van der Waals surface area contributed by atoms with E-state index >= 15 is 0 Å². The summed E-state index contributed by atoms with van der Waals surface area (Å²) in [7, 11) is 3.23. The van der Waals surface area contributed by atoms with E-state index in [1.165, 1.54) is 9.80 Å². The topological polar surface area (TPSA) is 60.9 Å². The minimum Gasteiger partial charge on any atom is -0.480 e. The van der Waals surface area contributed by atoms with Gasteiger partial charge in [0.15, 0.2) is 0 Å². The van der Waals surface area contributed by atoms with Crippen LogP contribution in [0.4, 0.5) is 10.5 Å². The summed E-state index contributed by atoms with van der Waals surface area (Å²) in [5, 5.41) is 9.17. The molecule has 1 atom stereocenters. The third-order valence-electron chi connectivity index (χ3n) is 2.85. The van der Waals surface area contributed by atoms with E-state index in [2.05, 4.69) is 0 Å². The fraction of sp³-hybridized carbons (Fsp3) is 0.333. The van der Waals surface area contributed by atoms with Gasteiger partial charge in [-0.15, -0.1) is 0 Å². The van der Waals surface area contributed by atoms with Gasteiger partial charge in [0.1, 0.15) is 6.04 Å². The molecule has 17 heavy (non-hydrogen) atoms. The van der Waals surface area contributed by atoms with Crippen molar-refractivity contribution in [2.24, 2.45) is 0 Å². The molecule has 0 spiro atoms. The number of urea groups is 1. The van der Waals surface area contributed by atoms with Gasteiger partial charge in [-0.25, -0.2) is 9.59 Å². The molecule has 0 aromatic heterocycles. The summed E-state index contributed by atoms with van der Waals surface area (Å²) in [4.78, 5) is 25.9. The zero-order valence-corrected chi connectivity index (χ0v) is 9.75. The molecule has 1 N–H and O–H groups in total. The van der Waals surface area contributed by atoms with Gasteiger partial charge in [-0.05, 0) is 11.6 Å². The molecule has 1 aromatic rings. The Morgan fingerprint density at radius 1 is 1.35 bits per heavy atom. The number of nitrogens with zero attached hydrogens (tertiary/aromatic N) is 2. The average molecular weight is 234 g/mol. The van der Waals surface area contributed by atoms with Crippen LogP contribution in [0.1, 0.15) is 5.56 Å². The smallest absolute Gasteiger partial charge is 0.327 e. The Labute approximate surface area is 99.3 Å². The van der Waals surface area contributed by atoms with E-state index in [9.17, 15) is 14.7 Å². The normalized spacial score (nSPS) is 17.8. The number of hydrogen-bond donors (Lipinski definition) is 1. The summed E-state index contributed by atoms with van der Waals surface area (Å²) < 4.78 is 0. The number of fused-ring (bicyclic) bond motifs is 1. The predicted molar refractivity (Wildman–Crippen MR) is 63.1 cm³/mol. The van der Waals surface area contributed by atoms with Crippen molar-refractivity contribution < 1.29 is 14.7 Å². The van der Waals surface area contributed by atoms with Crippen molar-refractivity contribution in [3.05, 3.63) is 29.8 Å². The third-order valence-corrected chi connectivity index (χ3v) is 2.85. The molecule has 90 valence electrons. The van der Waals surface area contributed by atoms with E-state index < -0.39 is 12.0 Å². The average Bonchev–Trinajstić information content (AvgIpc) is 2.67. The Kier molecular flexibility index (Phi) is 2.75. The number of rotatable bonds is 1. The SMILES string of the molecule is CN(C)C(=O)N1c2ccccc2CC1C(=O)O. The molecule has 5 nitrogen and oxygen atoms in total. The molecular weight excluding hydrogens is 220 g/mol. The first kappa shape index (κ1) is 11.4. The molecule has 0 fully saturated rings. The lowest BCUT2D eigenvalue weighted by molar-refractivity contribution is -0.138. The van der Waals surface area contributed by atoms with Crippen molar-refractivity contribution in [3.8, 4) is 0 Å². The first-order valence-corrected chi connectivity index (χ1v) is 5.33. The van der Waals surface area contributed by atoms with Gasteiger partial charge in [0.05, 0.1) is 0 Å². The molecule has 0 aliphatic carbocycles. The molecule has 1 aromatic carbocycles. The van der Waals surface area contributed by atoms with Gasteiger partial charge >= 0.3 is 12.0 Å². The summed E-state index contributed by atoms with van der Waals surface area (Å²) in [6, 6.07) is 6.18. The Morgan fingerprint density at radius 3 is 2.59 bits per heavy atom. The summed E-state index contributed by atoms with van der Waals surface area (Å²) in [5.41, 5.74) is 1.59. The first-order chi connectivity index (χ1) is 8.02. The third kappa shape index (κ3) is 1.84. The lowest BCUT2D eigenvalue weighted by atomic mass is 10.1. The van der Waals surface area contributed by atoms with Crippen molar-refractivity contribution >= 4 is 17.7 Å². The molecule has 1 aliphatic rings. The van der Waals surface area contributed by atoms with Crippen LogP contribution in [0.2, 0.25) is 0 Å². The van der Waals surface area contributed by atoms with Crippen molar-refractivity contribution in [2.75, 3.05) is 19.0 Å². The number of carboxylic acid groups (broad SMARTS) is 1. The lowest BCUT2D eigenvalue weighted by Gasteiger charge is -2.25. The van der Waals surface area contributed by atoms with E-state index in [0.717, 1.165) is 5.56 Å². The number of carboxylic acids is 1. The maximum atomic E-state index is 12.0. The molecular formula is C12H14N2O3. The van der Waals surface area contributed by atoms with E-state index in [-0.39, 0.29) is 6.03 Å². The van der Waals surface area contributed by atoms with Gasteiger partial charge in [-0.3, -0.25) is 4.90 Å². The summed E-state index contributed by atoms with van der Waals surface area (Å²) >= 11 is 0. The van der Waals surface area contributed by atoms with Crippen LogP contribution in [-0.4, -0.2) is 42.1 Å². The van der Waals surface area contributed by atoms with E-state index in [1.54, 1.807) is 26.2 Å². The zero-order valence-electron chi connectivity index (χ0n) is 9.75. The molecule has 0 saturated heterocycles. The van der Waals surface area contributed by atoms with Crippen molar-refractivity contribution in [1.82, 2.24) is 4.90 Å². The molecule has 5 heteroatoms. The Hall–Kier alpha value is -2.04. The Bertz CT molecular complexity index is 471. The number of carbonyl (C=O) groups is 2. The highest BCUT2D eigenvalue weighted by Gasteiger charge is 2.38. The van der Waals surface area contributed by atoms with Crippen molar-refractivity contribution in [3.63, 3.8) is 0 Å². The van der Waals surface area contributed by atoms with Crippen LogP contribution in [0.3, 0.4) is 0 Å². The van der Waals surface area contributed by atoms with E-state index in [1.807, 2.05) is 12.1 Å². The number of anilines is 1. The lowest BCUT2D eigenvalue weighted by Crippen LogP contribution is -2.47. The largest absolute Gasteiger partial charge is 0.480 e. The van der Waals surface area contributed by atoms with Crippen molar-refractivity contribution in [1.29, 1.82) is 0 Å². The second-order valence-electron chi connectivity index (χ2n) is 4.23. The molecule has 0 radical (unpaired) electrons. The quantitative estimate of drug-likeness (QED) is 0.793. The van der Waals surface area contributed by atoms with Crippen LogP contribution < -0.4 is 4.90 Å². The number of benzene rings is 1. The van der Waals surface area contributed by atoms with Crippen LogP contribution in [0, 0.1) is 0 Å². The molecule has 0 bridgehead atoms. The zero-order chi connectivity index (χ0) is 12.6. The summed E-state index contributed by atoms with van der Waals surface area (Å²) in [5.74, 6) is -0.976. The van der Waals surface area contributed by atoms with Gasteiger partial charge in [0, 0.05) is 26.2 Å². The molecule has 2 rings (SSSR count). The maximum absolute atomic E-state index is 12.0. The van der Waals surface area contributed by atoms with E-state index in [0.29, 0.717) is 12.1 Å². The number of amides is 2. The van der Waals surface area contributed by atoms with Gasteiger partial charge in [-0.1, -0.05) is 18.2 Å². The maximum Gasteiger partial charge on any atom is 0.327 e. The second kappa shape index (κ2) is 4.08. The Morgan fingerprint density at radius 2 is 2.00 bits per heavy atom. The number of para-hydroxylation sites is 1. The summed E-state index contributed by atoms with van der Waals surface area (Å²) in [6.07, 6.45) is 0.366. The first-order valence-electron chi connectivity index (χ1n) is 5.33. The fourth-order valence-electron chi connectivity index (χ4n) is 2.04. The number of aliphatic carboxylic acids is 1. The monoisotopic (exact) mass is 234 g/mol.